The van der Waals surface area contributed by atoms with Crippen molar-refractivity contribution in [2.45, 2.75) is 46.0 Å². The van der Waals surface area contributed by atoms with Crippen molar-refractivity contribution < 1.29 is 5.11 Å². The Morgan fingerprint density at radius 3 is 2.74 bits per heavy atom. The average Bonchev–Trinajstić information content (AvgIpc) is 3.15. The monoisotopic (exact) mass is 474 g/mol. The molecule has 4 heterocycles. The van der Waals surface area contributed by atoms with Crippen LogP contribution in [0.15, 0.2) is 47.4 Å². The fraction of sp³-hybridized carbons (Fsp3) is 0.360. The van der Waals surface area contributed by atoms with Gasteiger partial charge in [-0.05, 0) is 69.1 Å². The summed E-state index contributed by atoms with van der Waals surface area (Å²) in [6.07, 6.45) is 1.87. The van der Waals surface area contributed by atoms with Crippen molar-refractivity contribution >= 4 is 28.5 Å². The van der Waals surface area contributed by atoms with Crippen LogP contribution in [0.5, 0.6) is 0 Å². The first kappa shape index (κ1) is 23.0. The molecule has 3 N–H and O–H groups in total. The fourth-order valence-electron chi connectivity index (χ4n) is 4.35. The van der Waals surface area contributed by atoms with E-state index in [1.165, 1.54) is 11.1 Å². The Labute approximate surface area is 203 Å². The van der Waals surface area contributed by atoms with Gasteiger partial charge in [-0.25, -0.2) is 19.3 Å². The normalized spacial score (nSPS) is 14.2. The summed E-state index contributed by atoms with van der Waals surface area (Å²) in [6, 6.07) is 11.6. The molecule has 10 heteroatoms. The Balaban J connectivity index is 1.61. The van der Waals surface area contributed by atoms with Crippen LogP contribution in [-0.2, 0) is 13.0 Å². The first-order valence-corrected chi connectivity index (χ1v) is 11.8. The standard InChI is InChI=1S/C25H30N8O2/c1-15(2)32-24(35)20-14-27-25(28-19-9-8-17-10-11-26-13-18(17)12-19)30-23(20)33(32)22-7-5-6-21(29-22)31(4)16(3)34/h5-9,12,14-16,26,34H,10-11,13H2,1-4H3,(H,27,28,30). The molecule has 1 aliphatic heterocycles. The van der Waals surface area contributed by atoms with Crippen molar-refractivity contribution in [2.24, 2.45) is 0 Å². The van der Waals surface area contributed by atoms with Crippen molar-refractivity contribution in [3.05, 3.63) is 64.1 Å². The number of fused-ring (bicyclic) bond motifs is 2. The van der Waals surface area contributed by atoms with Gasteiger partial charge in [0, 0.05) is 31.5 Å². The first-order chi connectivity index (χ1) is 16.8. The lowest BCUT2D eigenvalue weighted by Crippen LogP contribution is -2.29. The minimum Gasteiger partial charge on any atom is -0.374 e. The molecule has 0 spiro atoms. The van der Waals surface area contributed by atoms with E-state index in [1.807, 2.05) is 38.1 Å². The highest BCUT2D eigenvalue weighted by Gasteiger charge is 2.21. The first-order valence-electron chi connectivity index (χ1n) is 11.8. The van der Waals surface area contributed by atoms with Gasteiger partial charge in [-0.3, -0.25) is 4.79 Å². The van der Waals surface area contributed by atoms with Crippen molar-refractivity contribution in [3.8, 4) is 5.82 Å². The van der Waals surface area contributed by atoms with E-state index in [2.05, 4.69) is 27.8 Å². The summed E-state index contributed by atoms with van der Waals surface area (Å²) in [5.41, 5.74) is 3.78. The maximum atomic E-state index is 13.3. The van der Waals surface area contributed by atoms with E-state index in [1.54, 1.807) is 34.4 Å². The number of nitrogens with zero attached hydrogens (tertiary/aromatic N) is 6. The molecule has 0 saturated heterocycles. The second-order valence-electron chi connectivity index (χ2n) is 9.12. The van der Waals surface area contributed by atoms with Crippen LogP contribution in [0.2, 0.25) is 0 Å². The number of benzene rings is 1. The van der Waals surface area contributed by atoms with E-state index < -0.39 is 6.23 Å². The van der Waals surface area contributed by atoms with Crippen LogP contribution in [0, 0.1) is 0 Å². The van der Waals surface area contributed by atoms with Gasteiger partial charge in [0.25, 0.3) is 5.56 Å². The number of anilines is 3. The van der Waals surface area contributed by atoms with Gasteiger partial charge >= 0.3 is 0 Å². The molecule has 182 valence electrons. The second-order valence-corrected chi connectivity index (χ2v) is 9.12. The van der Waals surface area contributed by atoms with E-state index in [4.69, 9.17) is 9.97 Å². The number of aliphatic hydroxyl groups is 1. The Kier molecular flexibility index (Phi) is 6.00. The number of rotatable bonds is 6. The van der Waals surface area contributed by atoms with E-state index >= 15 is 0 Å². The number of aliphatic hydroxyl groups excluding tert-OH is 1. The molecule has 0 fully saturated rings. The second kappa shape index (κ2) is 9.12. The Bertz CT molecular complexity index is 1440. The molecule has 10 nitrogen and oxygen atoms in total. The van der Waals surface area contributed by atoms with Gasteiger partial charge < -0.3 is 20.6 Å². The molecular formula is C25H30N8O2. The van der Waals surface area contributed by atoms with Crippen molar-refractivity contribution in [2.75, 3.05) is 23.8 Å². The van der Waals surface area contributed by atoms with E-state index in [0.717, 1.165) is 25.2 Å². The number of hydrogen-bond acceptors (Lipinski definition) is 8. The van der Waals surface area contributed by atoms with Gasteiger partial charge in [-0.15, -0.1) is 0 Å². The zero-order valence-corrected chi connectivity index (χ0v) is 20.4. The maximum Gasteiger partial charge on any atom is 0.278 e. The summed E-state index contributed by atoms with van der Waals surface area (Å²) in [5, 5.41) is 17.1. The maximum absolute atomic E-state index is 13.3. The predicted octanol–water partition coefficient (Wildman–Crippen LogP) is 2.72. The lowest BCUT2D eigenvalue weighted by Gasteiger charge is -2.22. The smallest absolute Gasteiger partial charge is 0.278 e. The molecule has 0 radical (unpaired) electrons. The molecule has 0 saturated carbocycles. The van der Waals surface area contributed by atoms with Gasteiger partial charge in [0.1, 0.15) is 17.4 Å². The number of pyridine rings is 1. The zero-order valence-electron chi connectivity index (χ0n) is 20.4. The Morgan fingerprint density at radius 2 is 1.97 bits per heavy atom. The molecule has 3 aromatic heterocycles. The highest BCUT2D eigenvalue weighted by atomic mass is 16.3. The van der Waals surface area contributed by atoms with Crippen molar-refractivity contribution in [1.82, 2.24) is 29.6 Å². The number of nitrogens with one attached hydrogen (secondary N) is 2. The molecule has 1 unspecified atom stereocenters. The van der Waals surface area contributed by atoms with E-state index in [-0.39, 0.29) is 11.6 Å². The van der Waals surface area contributed by atoms with E-state index in [9.17, 15) is 9.90 Å². The third-order valence-electron chi connectivity index (χ3n) is 6.32. The van der Waals surface area contributed by atoms with E-state index in [0.29, 0.717) is 28.6 Å². The van der Waals surface area contributed by atoms with Crippen LogP contribution in [0.1, 0.15) is 37.9 Å². The van der Waals surface area contributed by atoms with Crippen molar-refractivity contribution in [1.29, 1.82) is 0 Å². The van der Waals surface area contributed by atoms with Crippen molar-refractivity contribution in [3.63, 3.8) is 0 Å². The van der Waals surface area contributed by atoms with Crippen LogP contribution >= 0.6 is 0 Å². The molecule has 35 heavy (non-hydrogen) atoms. The molecule has 0 aliphatic carbocycles. The molecule has 0 bridgehead atoms. The van der Waals surface area contributed by atoms with Gasteiger partial charge in [0.15, 0.2) is 11.5 Å². The highest BCUT2D eigenvalue weighted by molar-refractivity contribution is 5.77. The van der Waals surface area contributed by atoms with Crippen LogP contribution < -0.4 is 21.1 Å². The molecular weight excluding hydrogens is 444 g/mol. The molecule has 0 amide bonds. The molecule has 1 aliphatic rings. The van der Waals surface area contributed by atoms with Gasteiger partial charge in [-0.2, -0.15) is 4.98 Å². The summed E-state index contributed by atoms with van der Waals surface area (Å²) in [6.45, 7) is 7.38. The SMILES string of the molecule is CC(O)N(C)c1cccc(-n2c3nc(Nc4ccc5c(c4)CNCC5)ncc3c(=O)n2C(C)C)n1. The third kappa shape index (κ3) is 4.26. The quantitative estimate of drug-likeness (QED) is 0.366. The summed E-state index contributed by atoms with van der Waals surface area (Å²) in [4.78, 5) is 28.8. The third-order valence-corrected chi connectivity index (χ3v) is 6.32. The minimum absolute atomic E-state index is 0.138. The van der Waals surface area contributed by atoms with Crippen LogP contribution in [-0.4, -0.2) is 49.2 Å². The molecule has 4 aromatic rings. The van der Waals surface area contributed by atoms with Gasteiger partial charge in [0.2, 0.25) is 5.95 Å². The number of aromatic nitrogens is 5. The molecule has 5 rings (SSSR count). The predicted molar refractivity (Wildman–Crippen MR) is 137 cm³/mol. The average molecular weight is 475 g/mol. The number of hydrogen-bond donors (Lipinski definition) is 3. The highest BCUT2D eigenvalue weighted by Crippen LogP contribution is 2.24. The molecule has 1 aromatic carbocycles. The Hall–Kier alpha value is -3.76. The zero-order chi connectivity index (χ0) is 24.7. The summed E-state index contributed by atoms with van der Waals surface area (Å²) < 4.78 is 3.35. The Morgan fingerprint density at radius 1 is 1.14 bits per heavy atom. The van der Waals surface area contributed by atoms with Gasteiger partial charge in [0.05, 0.1) is 0 Å². The fourth-order valence-corrected chi connectivity index (χ4v) is 4.35. The van der Waals surface area contributed by atoms with Crippen LogP contribution in [0.25, 0.3) is 16.9 Å². The topological polar surface area (TPSA) is 113 Å². The summed E-state index contributed by atoms with van der Waals surface area (Å²) in [5.74, 6) is 1.51. The lowest BCUT2D eigenvalue weighted by atomic mass is 10.0. The molecule has 1 atom stereocenters. The summed E-state index contributed by atoms with van der Waals surface area (Å²) in [7, 11) is 1.76. The van der Waals surface area contributed by atoms with Gasteiger partial charge in [-0.1, -0.05) is 12.1 Å². The summed E-state index contributed by atoms with van der Waals surface area (Å²) >= 11 is 0. The largest absolute Gasteiger partial charge is 0.374 e. The van der Waals surface area contributed by atoms with Crippen LogP contribution in [0.4, 0.5) is 17.5 Å². The minimum atomic E-state index is -0.712. The van der Waals surface area contributed by atoms with Crippen LogP contribution in [0.3, 0.4) is 0 Å². The lowest BCUT2D eigenvalue weighted by molar-refractivity contribution is 0.194.